The fourth-order valence-electron chi connectivity index (χ4n) is 3.50. The number of halogens is 1. The van der Waals surface area contributed by atoms with Gasteiger partial charge in [-0.25, -0.2) is 22.8 Å². The predicted molar refractivity (Wildman–Crippen MR) is 129 cm³/mol. The summed E-state index contributed by atoms with van der Waals surface area (Å²) >= 11 is 0. The molecule has 0 bridgehead atoms. The number of rotatable bonds is 10. The van der Waals surface area contributed by atoms with Crippen molar-refractivity contribution in [2.75, 3.05) is 18.9 Å². The molecule has 13 heteroatoms. The van der Waals surface area contributed by atoms with Crippen LogP contribution < -0.4 is 14.2 Å². The predicted octanol–water partition coefficient (Wildman–Crippen LogP) is 3.41. The van der Waals surface area contributed by atoms with Crippen LogP contribution in [0.1, 0.15) is 25.4 Å². The molecule has 4 rings (SSSR count). The Hall–Kier alpha value is -4.00. The number of anilines is 1. The van der Waals surface area contributed by atoms with Crippen molar-refractivity contribution in [3.05, 3.63) is 60.1 Å². The van der Waals surface area contributed by atoms with E-state index in [1.54, 1.807) is 24.3 Å². The third-order valence-corrected chi connectivity index (χ3v) is 7.12. The smallest absolute Gasteiger partial charge is 0.243 e. The van der Waals surface area contributed by atoms with Gasteiger partial charge in [0.05, 0.1) is 31.9 Å². The summed E-state index contributed by atoms with van der Waals surface area (Å²) in [7, 11) is -1.05. The van der Waals surface area contributed by atoms with Gasteiger partial charge in [-0.2, -0.15) is 0 Å². The highest BCUT2D eigenvalue weighted by atomic mass is 32.2. The normalized spacial score (nSPS) is 12.4. The minimum atomic E-state index is -4.02. The highest BCUT2D eigenvalue weighted by Crippen LogP contribution is 2.38. The second kappa shape index (κ2) is 10.3. The summed E-state index contributed by atoms with van der Waals surface area (Å²) in [6.07, 6.45) is 2.58. The zero-order valence-corrected chi connectivity index (χ0v) is 20.9. The van der Waals surface area contributed by atoms with E-state index in [9.17, 15) is 12.8 Å². The monoisotopic (exact) mass is 516 g/mol. The Labute approximate surface area is 207 Å². The molecule has 0 amide bonds. The number of benzene rings is 1. The van der Waals surface area contributed by atoms with Gasteiger partial charge in [-0.1, -0.05) is 13.0 Å². The molecule has 190 valence electrons. The molecule has 0 radical (unpaired) electrons. The van der Waals surface area contributed by atoms with Crippen molar-refractivity contribution in [1.29, 1.82) is 0 Å². The van der Waals surface area contributed by atoms with Gasteiger partial charge >= 0.3 is 0 Å². The van der Waals surface area contributed by atoms with Gasteiger partial charge < -0.3 is 13.9 Å². The SMILES string of the molecule is CCc1ccc(-c2nnc(NS(=O)(=O)[C@@H](C)Cc3ncc(F)cn3)n2-c2c(OC)cccc2OC)o1. The van der Waals surface area contributed by atoms with Crippen LogP contribution in [0, 0.1) is 5.82 Å². The highest BCUT2D eigenvalue weighted by Gasteiger charge is 2.29. The number of hydrogen-bond donors (Lipinski definition) is 1. The molecule has 0 saturated heterocycles. The summed E-state index contributed by atoms with van der Waals surface area (Å²) in [6, 6.07) is 8.68. The number of aromatic nitrogens is 5. The zero-order valence-electron chi connectivity index (χ0n) is 20.1. The average molecular weight is 517 g/mol. The Bertz CT molecular complexity index is 1430. The maximum absolute atomic E-state index is 13.3. The number of hydrogen-bond acceptors (Lipinski definition) is 9. The topological polar surface area (TPSA) is 134 Å². The highest BCUT2D eigenvalue weighted by molar-refractivity contribution is 7.93. The third kappa shape index (κ3) is 5.00. The Kier molecular flexibility index (Phi) is 7.20. The first-order valence-corrected chi connectivity index (χ1v) is 12.6. The van der Waals surface area contributed by atoms with Crippen LogP contribution in [0.2, 0.25) is 0 Å². The zero-order chi connectivity index (χ0) is 25.9. The molecular formula is C23H25FN6O5S. The van der Waals surface area contributed by atoms with E-state index in [2.05, 4.69) is 24.9 Å². The van der Waals surface area contributed by atoms with Crippen molar-refractivity contribution >= 4 is 16.0 Å². The Morgan fingerprint density at radius 1 is 1.08 bits per heavy atom. The number of sulfonamides is 1. The lowest BCUT2D eigenvalue weighted by molar-refractivity contribution is 0.391. The summed E-state index contributed by atoms with van der Waals surface area (Å²) in [4.78, 5) is 7.69. The van der Waals surface area contributed by atoms with Crippen molar-refractivity contribution in [2.24, 2.45) is 0 Å². The maximum atomic E-state index is 13.3. The summed E-state index contributed by atoms with van der Waals surface area (Å²) in [5.74, 6) is 1.61. The summed E-state index contributed by atoms with van der Waals surface area (Å²) < 4.78 is 60.6. The molecule has 36 heavy (non-hydrogen) atoms. The number of nitrogens with one attached hydrogen (secondary N) is 1. The van der Waals surface area contributed by atoms with Crippen LogP contribution in [-0.4, -0.2) is 52.6 Å². The molecule has 0 spiro atoms. The maximum Gasteiger partial charge on any atom is 0.243 e. The Morgan fingerprint density at radius 2 is 1.75 bits per heavy atom. The second-order valence-corrected chi connectivity index (χ2v) is 9.89. The molecule has 3 aromatic heterocycles. The van der Waals surface area contributed by atoms with Crippen LogP contribution in [0.5, 0.6) is 11.5 Å². The lowest BCUT2D eigenvalue weighted by Gasteiger charge is -2.18. The molecule has 0 unspecified atom stereocenters. The summed E-state index contributed by atoms with van der Waals surface area (Å²) in [5.41, 5.74) is 0.379. The molecule has 0 aliphatic rings. The fourth-order valence-corrected chi connectivity index (χ4v) is 4.46. The molecule has 0 saturated carbocycles. The first kappa shape index (κ1) is 25.1. The van der Waals surface area contributed by atoms with Crippen LogP contribution in [0.15, 0.2) is 47.1 Å². The standard InChI is InChI=1S/C23H25FN6O5S/c1-5-16-9-10-19(35-16)22-27-28-23(30(22)21-17(33-3)7-6-8-18(21)34-4)29-36(31,32)14(2)11-20-25-12-15(24)13-26-20/h6-10,12-14H,5,11H2,1-4H3,(H,28,29)/t14-/m0/s1. The number of aryl methyl sites for hydroxylation is 1. The number of nitrogens with zero attached hydrogens (tertiary/aromatic N) is 5. The molecule has 0 aliphatic heterocycles. The molecule has 1 aromatic carbocycles. The van der Waals surface area contributed by atoms with Crippen molar-refractivity contribution in [3.63, 3.8) is 0 Å². The van der Waals surface area contributed by atoms with Gasteiger partial charge in [-0.05, 0) is 31.2 Å². The second-order valence-electron chi connectivity index (χ2n) is 7.79. The minimum Gasteiger partial charge on any atom is -0.494 e. The molecule has 3 heterocycles. The van der Waals surface area contributed by atoms with Crippen LogP contribution in [-0.2, 0) is 22.9 Å². The number of methoxy groups -OCH3 is 2. The van der Waals surface area contributed by atoms with Gasteiger partial charge in [0.15, 0.2) is 11.6 Å². The van der Waals surface area contributed by atoms with Gasteiger partial charge in [0.2, 0.25) is 21.8 Å². The van der Waals surface area contributed by atoms with Crippen LogP contribution in [0.4, 0.5) is 10.3 Å². The largest absolute Gasteiger partial charge is 0.494 e. The van der Waals surface area contributed by atoms with Crippen LogP contribution in [0.3, 0.4) is 0 Å². The average Bonchev–Trinajstić information content (AvgIpc) is 3.51. The molecule has 0 aliphatic carbocycles. The van der Waals surface area contributed by atoms with E-state index in [1.165, 1.54) is 25.7 Å². The van der Waals surface area contributed by atoms with Crippen molar-refractivity contribution < 1.29 is 26.7 Å². The first-order valence-electron chi connectivity index (χ1n) is 11.0. The van der Waals surface area contributed by atoms with Gasteiger partial charge in [-0.3, -0.25) is 9.29 Å². The molecule has 11 nitrogen and oxygen atoms in total. The lowest BCUT2D eigenvalue weighted by atomic mass is 10.2. The summed E-state index contributed by atoms with van der Waals surface area (Å²) in [6.45, 7) is 3.43. The Morgan fingerprint density at radius 3 is 2.33 bits per heavy atom. The molecular weight excluding hydrogens is 491 g/mol. The molecule has 0 fully saturated rings. The van der Waals surface area contributed by atoms with Gasteiger partial charge in [-0.15, -0.1) is 10.2 Å². The van der Waals surface area contributed by atoms with E-state index in [4.69, 9.17) is 13.9 Å². The number of para-hydroxylation sites is 1. The van der Waals surface area contributed by atoms with Crippen molar-refractivity contribution in [1.82, 2.24) is 24.7 Å². The lowest BCUT2D eigenvalue weighted by Crippen LogP contribution is -2.29. The molecule has 1 N–H and O–H groups in total. The van der Waals surface area contributed by atoms with E-state index < -0.39 is 21.1 Å². The number of ether oxygens (including phenoxy) is 2. The Balaban J connectivity index is 1.79. The van der Waals surface area contributed by atoms with Gasteiger partial charge in [0.25, 0.3) is 0 Å². The number of furan rings is 1. The van der Waals surface area contributed by atoms with E-state index in [1.807, 2.05) is 13.0 Å². The van der Waals surface area contributed by atoms with E-state index >= 15 is 0 Å². The van der Waals surface area contributed by atoms with E-state index in [0.717, 1.165) is 18.2 Å². The van der Waals surface area contributed by atoms with Gasteiger partial charge in [0.1, 0.15) is 28.8 Å². The first-order chi connectivity index (χ1) is 17.3. The molecule has 4 aromatic rings. The quantitative estimate of drug-likeness (QED) is 0.336. The van der Waals surface area contributed by atoms with Crippen LogP contribution >= 0.6 is 0 Å². The minimum absolute atomic E-state index is 0.0490. The van der Waals surface area contributed by atoms with E-state index in [-0.39, 0.29) is 24.0 Å². The molecule has 1 atom stereocenters. The van der Waals surface area contributed by atoms with Crippen molar-refractivity contribution in [2.45, 2.75) is 31.9 Å². The third-order valence-electron chi connectivity index (χ3n) is 5.43. The van der Waals surface area contributed by atoms with Crippen molar-refractivity contribution in [3.8, 4) is 28.8 Å². The fraction of sp³-hybridized carbons (Fsp3) is 0.304. The van der Waals surface area contributed by atoms with E-state index in [0.29, 0.717) is 29.4 Å². The van der Waals surface area contributed by atoms with Gasteiger partial charge in [0, 0.05) is 12.8 Å². The summed E-state index contributed by atoms with van der Waals surface area (Å²) in [5, 5.41) is 7.34. The van der Waals surface area contributed by atoms with Crippen LogP contribution in [0.25, 0.3) is 17.3 Å².